The van der Waals surface area contributed by atoms with Gasteiger partial charge in [-0.3, -0.25) is 0 Å². The lowest BCUT2D eigenvalue weighted by Crippen LogP contribution is -2.32. The second kappa shape index (κ2) is 6.40. The van der Waals surface area contributed by atoms with Gasteiger partial charge >= 0.3 is 6.09 Å². The smallest absolute Gasteiger partial charge is 0.407 e. The number of carbonyl (C=O) groups excluding carboxylic acids is 1. The molecule has 4 nitrogen and oxygen atoms in total. The van der Waals surface area contributed by atoms with Gasteiger partial charge in [0.05, 0.1) is 6.10 Å². The van der Waals surface area contributed by atoms with Gasteiger partial charge in [0.25, 0.3) is 0 Å². The summed E-state index contributed by atoms with van der Waals surface area (Å²) in [6.07, 6.45) is 2.15. The first-order valence-electron chi connectivity index (χ1n) is 6.38. The molecule has 4 heteroatoms. The minimum atomic E-state index is -0.419. The fourth-order valence-electron chi connectivity index (χ4n) is 2.24. The maximum atomic E-state index is 11.5. The standard InChI is InChI=1S/C14H19NO3/c16-13-8-4-7-12(13)9-15-14(17)18-10-11-5-2-1-3-6-11/h1-3,5-6,12-13,16H,4,7-10H2,(H,15,17)/t12-,13+/m0/s1. The average molecular weight is 249 g/mol. The molecule has 1 fully saturated rings. The highest BCUT2D eigenvalue weighted by Crippen LogP contribution is 2.24. The summed E-state index contributed by atoms with van der Waals surface area (Å²) < 4.78 is 5.09. The van der Waals surface area contributed by atoms with Crippen LogP contribution in [0, 0.1) is 5.92 Å². The number of ether oxygens (including phenoxy) is 1. The van der Waals surface area contributed by atoms with Crippen LogP contribution in [0.1, 0.15) is 24.8 Å². The number of hydrogen-bond acceptors (Lipinski definition) is 3. The van der Waals surface area contributed by atoms with E-state index in [0.29, 0.717) is 6.54 Å². The first-order chi connectivity index (χ1) is 8.75. The molecular weight excluding hydrogens is 230 g/mol. The van der Waals surface area contributed by atoms with Crippen LogP contribution in [-0.2, 0) is 11.3 Å². The highest BCUT2D eigenvalue weighted by molar-refractivity contribution is 5.67. The third-order valence-corrected chi connectivity index (χ3v) is 3.34. The van der Waals surface area contributed by atoms with Crippen LogP contribution in [0.15, 0.2) is 30.3 Å². The van der Waals surface area contributed by atoms with Crippen molar-refractivity contribution in [1.82, 2.24) is 5.32 Å². The molecule has 2 N–H and O–H groups in total. The SMILES string of the molecule is O=C(NC[C@@H]1CCC[C@H]1O)OCc1ccccc1. The minimum absolute atomic E-state index is 0.175. The topological polar surface area (TPSA) is 58.6 Å². The van der Waals surface area contributed by atoms with E-state index in [1.165, 1.54) is 0 Å². The van der Waals surface area contributed by atoms with E-state index >= 15 is 0 Å². The molecule has 1 aromatic carbocycles. The highest BCUT2D eigenvalue weighted by atomic mass is 16.5. The predicted molar refractivity (Wildman–Crippen MR) is 68.0 cm³/mol. The van der Waals surface area contributed by atoms with Crippen molar-refractivity contribution in [2.75, 3.05) is 6.54 Å². The van der Waals surface area contributed by atoms with Crippen molar-refractivity contribution >= 4 is 6.09 Å². The van der Waals surface area contributed by atoms with Crippen molar-refractivity contribution in [1.29, 1.82) is 0 Å². The summed E-state index contributed by atoms with van der Waals surface area (Å²) in [5.41, 5.74) is 0.966. The second-order valence-electron chi connectivity index (χ2n) is 4.70. The summed E-state index contributed by atoms with van der Waals surface area (Å²) in [7, 11) is 0. The molecule has 2 atom stereocenters. The zero-order chi connectivity index (χ0) is 12.8. The Balaban J connectivity index is 1.66. The molecule has 18 heavy (non-hydrogen) atoms. The predicted octanol–water partition coefficient (Wildman–Crippen LogP) is 2.07. The Kier molecular flexibility index (Phi) is 4.59. The summed E-state index contributed by atoms with van der Waals surface area (Å²) in [6, 6.07) is 9.56. The summed E-state index contributed by atoms with van der Waals surface area (Å²) in [4.78, 5) is 11.5. The van der Waals surface area contributed by atoms with Crippen LogP contribution in [-0.4, -0.2) is 23.8 Å². The maximum Gasteiger partial charge on any atom is 0.407 e. The number of aliphatic hydroxyl groups excluding tert-OH is 1. The van der Waals surface area contributed by atoms with Crippen LogP contribution < -0.4 is 5.32 Å². The van der Waals surface area contributed by atoms with E-state index in [9.17, 15) is 9.90 Å². The number of rotatable bonds is 4. The summed E-state index contributed by atoms with van der Waals surface area (Å²) in [6.45, 7) is 0.773. The van der Waals surface area contributed by atoms with Crippen LogP contribution in [0.25, 0.3) is 0 Å². The van der Waals surface area contributed by atoms with Crippen molar-refractivity contribution in [3.63, 3.8) is 0 Å². The third kappa shape index (κ3) is 3.74. The van der Waals surface area contributed by atoms with Gasteiger partial charge < -0.3 is 15.2 Å². The largest absolute Gasteiger partial charge is 0.445 e. The number of amides is 1. The maximum absolute atomic E-state index is 11.5. The molecule has 0 radical (unpaired) electrons. The van der Waals surface area contributed by atoms with E-state index in [1.807, 2.05) is 30.3 Å². The van der Waals surface area contributed by atoms with Gasteiger partial charge in [0.1, 0.15) is 6.61 Å². The van der Waals surface area contributed by atoms with E-state index in [4.69, 9.17) is 4.74 Å². The molecule has 98 valence electrons. The minimum Gasteiger partial charge on any atom is -0.445 e. The number of aliphatic hydroxyl groups is 1. The van der Waals surface area contributed by atoms with Gasteiger partial charge in [0.15, 0.2) is 0 Å². The van der Waals surface area contributed by atoms with Gasteiger partial charge in [0.2, 0.25) is 0 Å². The lowest BCUT2D eigenvalue weighted by molar-refractivity contribution is 0.118. The second-order valence-corrected chi connectivity index (χ2v) is 4.70. The number of alkyl carbamates (subject to hydrolysis) is 1. The number of carbonyl (C=O) groups is 1. The van der Waals surface area contributed by atoms with Crippen LogP contribution in [0.2, 0.25) is 0 Å². The normalized spacial score (nSPS) is 22.7. The number of benzene rings is 1. The Morgan fingerprint density at radius 2 is 2.11 bits per heavy atom. The van der Waals surface area contributed by atoms with Crippen LogP contribution in [0.4, 0.5) is 4.79 Å². The zero-order valence-corrected chi connectivity index (χ0v) is 10.3. The quantitative estimate of drug-likeness (QED) is 0.859. The lowest BCUT2D eigenvalue weighted by Gasteiger charge is -2.14. The molecule has 1 aliphatic rings. The monoisotopic (exact) mass is 249 g/mol. The highest BCUT2D eigenvalue weighted by Gasteiger charge is 2.25. The van der Waals surface area contributed by atoms with E-state index in [1.54, 1.807) is 0 Å². The Morgan fingerprint density at radius 3 is 2.78 bits per heavy atom. The molecule has 1 amide bonds. The van der Waals surface area contributed by atoms with Gasteiger partial charge in [-0.15, -0.1) is 0 Å². The first kappa shape index (κ1) is 12.9. The van der Waals surface area contributed by atoms with Crippen molar-refractivity contribution < 1.29 is 14.6 Å². The van der Waals surface area contributed by atoms with Crippen molar-refractivity contribution in [3.8, 4) is 0 Å². The van der Waals surface area contributed by atoms with Crippen LogP contribution in [0.3, 0.4) is 0 Å². The Hall–Kier alpha value is -1.55. The average Bonchev–Trinajstić information content (AvgIpc) is 2.81. The van der Waals surface area contributed by atoms with Crippen molar-refractivity contribution in [2.45, 2.75) is 32.0 Å². The van der Waals surface area contributed by atoms with Crippen molar-refractivity contribution in [3.05, 3.63) is 35.9 Å². The fourth-order valence-corrected chi connectivity index (χ4v) is 2.24. The van der Waals surface area contributed by atoms with E-state index < -0.39 is 6.09 Å². The molecule has 0 unspecified atom stereocenters. The van der Waals surface area contributed by atoms with Gasteiger partial charge in [-0.1, -0.05) is 36.8 Å². The molecule has 1 aromatic rings. The molecule has 0 aliphatic heterocycles. The van der Waals surface area contributed by atoms with Gasteiger partial charge in [-0.2, -0.15) is 0 Å². The zero-order valence-electron chi connectivity index (χ0n) is 10.3. The molecule has 0 heterocycles. The van der Waals surface area contributed by atoms with Crippen molar-refractivity contribution in [2.24, 2.45) is 5.92 Å². The Labute approximate surface area is 107 Å². The summed E-state index contributed by atoms with van der Waals surface area (Å²) in [5.74, 6) is 0.175. The van der Waals surface area contributed by atoms with E-state index in [0.717, 1.165) is 24.8 Å². The number of nitrogens with one attached hydrogen (secondary N) is 1. The molecule has 0 saturated heterocycles. The molecule has 1 saturated carbocycles. The van der Waals surface area contributed by atoms with Gasteiger partial charge in [0, 0.05) is 12.5 Å². The first-order valence-corrected chi connectivity index (χ1v) is 6.38. The third-order valence-electron chi connectivity index (χ3n) is 3.34. The molecular formula is C14H19NO3. The number of hydrogen-bond donors (Lipinski definition) is 2. The van der Waals surface area contributed by atoms with Crippen LogP contribution >= 0.6 is 0 Å². The van der Waals surface area contributed by atoms with Gasteiger partial charge in [-0.25, -0.2) is 4.79 Å². The lowest BCUT2D eigenvalue weighted by atomic mass is 10.1. The van der Waals surface area contributed by atoms with Crippen LogP contribution in [0.5, 0.6) is 0 Å². The molecule has 1 aliphatic carbocycles. The van der Waals surface area contributed by atoms with E-state index in [-0.39, 0.29) is 18.6 Å². The summed E-state index contributed by atoms with van der Waals surface area (Å²) in [5, 5.41) is 12.3. The fraction of sp³-hybridized carbons (Fsp3) is 0.500. The molecule has 0 bridgehead atoms. The Morgan fingerprint density at radius 1 is 1.33 bits per heavy atom. The Bertz CT molecular complexity index is 380. The van der Waals surface area contributed by atoms with E-state index in [2.05, 4.69) is 5.32 Å². The molecule has 0 spiro atoms. The molecule has 2 rings (SSSR count). The molecule has 0 aromatic heterocycles. The van der Waals surface area contributed by atoms with Gasteiger partial charge in [-0.05, 0) is 18.4 Å². The summed E-state index contributed by atoms with van der Waals surface area (Å²) >= 11 is 0.